The Kier molecular flexibility index (Phi) is 9.47. The van der Waals surface area contributed by atoms with Crippen LogP contribution in [0.1, 0.15) is 34.1 Å². The van der Waals surface area contributed by atoms with E-state index >= 15 is 0 Å². The molecule has 0 N–H and O–H groups in total. The second-order valence-electron chi connectivity index (χ2n) is 7.47. The first kappa shape index (κ1) is 26.7. The Bertz CT molecular complexity index is 932. The molecule has 2 aliphatic rings. The number of nitriles is 1. The smallest absolute Gasteiger partial charge is 0.303 e. The molecule has 1 saturated heterocycles. The molecule has 0 aromatic rings. The predicted molar refractivity (Wildman–Crippen MR) is 109 cm³/mol. The molecule has 0 aromatic carbocycles. The van der Waals surface area contributed by atoms with Crippen LogP contribution >= 0.6 is 0 Å². The first-order chi connectivity index (χ1) is 16.0. The van der Waals surface area contributed by atoms with Gasteiger partial charge in [-0.05, 0) is 11.6 Å². The highest BCUT2D eigenvalue weighted by molar-refractivity contribution is 5.92. The van der Waals surface area contributed by atoms with Gasteiger partial charge in [0.15, 0.2) is 30.4 Å². The molecule has 0 spiro atoms. The van der Waals surface area contributed by atoms with Crippen LogP contribution in [-0.4, -0.2) is 73.1 Å². The van der Waals surface area contributed by atoms with Gasteiger partial charge in [-0.15, -0.1) is 0 Å². The highest BCUT2D eigenvalue weighted by Crippen LogP contribution is 2.32. The van der Waals surface area contributed by atoms with E-state index in [2.05, 4.69) is 0 Å². The van der Waals surface area contributed by atoms with Crippen molar-refractivity contribution in [3.63, 3.8) is 0 Å². The molecule has 1 heterocycles. The van der Waals surface area contributed by atoms with Gasteiger partial charge in [-0.25, -0.2) is 0 Å². The van der Waals surface area contributed by atoms with Crippen molar-refractivity contribution < 1.29 is 52.4 Å². The van der Waals surface area contributed by atoms with Crippen LogP contribution in [0.25, 0.3) is 0 Å². The van der Waals surface area contributed by atoms with E-state index < -0.39 is 67.3 Å². The molecule has 1 aliphatic heterocycles. The number of ketones is 1. The molecule has 0 unspecified atom stereocenters. The van der Waals surface area contributed by atoms with Crippen molar-refractivity contribution in [2.24, 2.45) is 0 Å². The van der Waals surface area contributed by atoms with Crippen LogP contribution in [-0.2, 0) is 52.4 Å². The van der Waals surface area contributed by atoms with Crippen molar-refractivity contribution in [2.45, 2.75) is 70.9 Å². The lowest BCUT2D eigenvalue weighted by Crippen LogP contribution is -2.63. The van der Waals surface area contributed by atoms with Crippen molar-refractivity contribution in [1.29, 1.82) is 5.26 Å². The summed E-state index contributed by atoms with van der Waals surface area (Å²) >= 11 is 0. The zero-order valence-corrected chi connectivity index (χ0v) is 19.0. The lowest BCUT2D eigenvalue weighted by Gasteiger charge is -2.45. The van der Waals surface area contributed by atoms with E-state index in [-0.39, 0.29) is 12.2 Å². The Morgan fingerprint density at radius 2 is 1.56 bits per heavy atom. The van der Waals surface area contributed by atoms with E-state index in [1.807, 2.05) is 6.07 Å². The fourth-order valence-corrected chi connectivity index (χ4v) is 3.47. The Hall–Kier alpha value is -3.56. The number of allylic oxidation sites excluding steroid dienone is 2. The van der Waals surface area contributed by atoms with Gasteiger partial charge in [0, 0.05) is 40.2 Å². The summed E-state index contributed by atoms with van der Waals surface area (Å²) in [6, 6.07) is 1.85. The summed E-state index contributed by atoms with van der Waals surface area (Å²) in [4.78, 5) is 58.8. The minimum Gasteiger partial charge on any atom is -0.463 e. The van der Waals surface area contributed by atoms with Gasteiger partial charge in [0.05, 0.1) is 12.2 Å². The Morgan fingerprint density at radius 3 is 2.12 bits per heavy atom. The lowest BCUT2D eigenvalue weighted by atomic mass is 9.95. The highest BCUT2D eigenvalue weighted by Gasteiger charge is 2.53. The topological polar surface area (TPSA) is 165 Å². The monoisotopic (exact) mass is 479 g/mol. The summed E-state index contributed by atoms with van der Waals surface area (Å²) in [6.07, 6.45) is -4.02. The van der Waals surface area contributed by atoms with Crippen LogP contribution in [0.2, 0.25) is 0 Å². The van der Waals surface area contributed by atoms with Gasteiger partial charge in [-0.3, -0.25) is 24.0 Å². The number of nitrogens with zero attached hydrogens (tertiary/aromatic N) is 1. The maximum atomic E-state index is 12.0. The molecule has 0 saturated carbocycles. The summed E-state index contributed by atoms with van der Waals surface area (Å²) in [5.74, 6) is -3.28. The summed E-state index contributed by atoms with van der Waals surface area (Å²) in [5.41, 5.74) is 0.356. The first-order valence-corrected chi connectivity index (χ1v) is 10.3. The standard InChI is InChI=1S/C22H25NO11/c1-11(24)29-10-18-19(30-12(2)25)20(31-13(3)26)21(32-14(4)27)22(34-18)33-17-9-16(28)6-5-15(17)7-8-23/h5-7,17-22H,9-10H2,1-4H3/b15-7-/t17-,18-,19-,20+,21-,22-/m1/s1. The molecular formula is C22H25NO11. The van der Waals surface area contributed by atoms with Gasteiger partial charge in [0.2, 0.25) is 0 Å². The second kappa shape index (κ2) is 12.1. The van der Waals surface area contributed by atoms with Crippen LogP contribution in [0.15, 0.2) is 23.8 Å². The van der Waals surface area contributed by atoms with E-state index in [1.54, 1.807) is 0 Å². The van der Waals surface area contributed by atoms with E-state index in [9.17, 15) is 24.0 Å². The predicted octanol–water partition coefficient (Wildman–Crippen LogP) is 0.434. The third-order valence-corrected chi connectivity index (χ3v) is 4.70. The molecule has 1 fully saturated rings. The molecule has 12 nitrogen and oxygen atoms in total. The molecule has 1 aliphatic carbocycles. The van der Waals surface area contributed by atoms with E-state index in [1.165, 1.54) is 18.2 Å². The largest absolute Gasteiger partial charge is 0.463 e. The number of rotatable bonds is 7. The third-order valence-electron chi connectivity index (χ3n) is 4.70. The quantitative estimate of drug-likeness (QED) is 0.281. The first-order valence-electron chi connectivity index (χ1n) is 10.3. The van der Waals surface area contributed by atoms with Gasteiger partial charge < -0.3 is 28.4 Å². The van der Waals surface area contributed by atoms with Gasteiger partial charge in [-0.2, -0.15) is 5.26 Å². The summed E-state index contributed by atoms with van der Waals surface area (Å²) in [6.45, 7) is 4.04. The molecule has 0 radical (unpaired) electrons. The normalized spacial score (nSPS) is 29.6. The maximum Gasteiger partial charge on any atom is 0.303 e. The van der Waals surface area contributed by atoms with E-state index in [4.69, 9.17) is 33.7 Å². The van der Waals surface area contributed by atoms with Crippen molar-refractivity contribution in [1.82, 2.24) is 0 Å². The van der Waals surface area contributed by atoms with Crippen LogP contribution < -0.4 is 0 Å². The van der Waals surface area contributed by atoms with Gasteiger partial charge >= 0.3 is 23.9 Å². The molecule has 0 aromatic heterocycles. The SMILES string of the molecule is CC(=O)OC[C@H]1O[C@@H](O[C@@H]2CC(=O)C=C/C2=C/C#N)[C@H](OC(C)=O)[C@@H](OC(C)=O)[C@@H]1OC(C)=O. The molecule has 2 rings (SSSR count). The Morgan fingerprint density at radius 1 is 0.971 bits per heavy atom. The average molecular weight is 479 g/mol. The molecule has 184 valence electrons. The summed E-state index contributed by atoms with van der Waals surface area (Å²) < 4.78 is 32.7. The lowest BCUT2D eigenvalue weighted by molar-refractivity contribution is -0.314. The number of esters is 4. The Balaban J connectivity index is 2.48. The zero-order valence-electron chi connectivity index (χ0n) is 19.0. The highest BCUT2D eigenvalue weighted by atomic mass is 16.7. The molecular weight excluding hydrogens is 454 g/mol. The van der Waals surface area contributed by atoms with Crippen LogP contribution in [0.3, 0.4) is 0 Å². The minimum atomic E-state index is -1.45. The van der Waals surface area contributed by atoms with Gasteiger partial charge in [0.1, 0.15) is 12.7 Å². The average Bonchev–Trinajstić information content (AvgIpc) is 2.72. The number of carbonyl (C=O) groups is 5. The summed E-state index contributed by atoms with van der Waals surface area (Å²) in [5, 5.41) is 9.05. The molecule has 0 bridgehead atoms. The number of hydrogen-bond acceptors (Lipinski definition) is 12. The number of carbonyl (C=O) groups excluding carboxylic acids is 5. The Labute approximate surface area is 195 Å². The minimum absolute atomic E-state index is 0.142. The van der Waals surface area contributed by atoms with Crippen LogP contribution in [0.4, 0.5) is 0 Å². The van der Waals surface area contributed by atoms with E-state index in [0.29, 0.717) is 5.57 Å². The fraction of sp³-hybridized carbons (Fsp3) is 0.545. The van der Waals surface area contributed by atoms with Crippen molar-refractivity contribution in [3.8, 4) is 6.07 Å². The number of hydrogen-bond donors (Lipinski definition) is 0. The summed E-state index contributed by atoms with van der Waals surface area (Å²) in [7, 11) is 0. The van der Waals surface area contributed by atoms with Crippen molar-refractivity contribution in [2.75, 3.05) is 6.61 Å². The van der Waals surface area contributed by atoms with E-state index in [0.717, 1.165) is 27.7 Å². The molecule has 34 heavy (non-hydrogen) atoms. The van der Waals surface area contributed by atoms with Crippen molar-refractivity contribution in [3.05, 3.63) is 23.8 Å². The second-order valence-corrected chi connectivity index (χ2v) is 7.47. The van der Waals surface area contributed by atoms with Crippen molar-refractivity contribution >= 4 is 29.7 Å². The number of ether oxygens (including phenoxy) is 6. The third kappa shape index (κ3) is 7.50. The maximum absolute atomic E-state index is 12.0. The van der Waals surface area contributed by atoms with Crippen LogP contribution in [0.5, 0.6) is 0 Å². The van der Waals surface area contributed by atoms with Gasteiger partial charge in [-0.1, -0.05) is 6.08 Å². The van der Waals surface area contributed by atoms with Gasteiger partial charge in [0.25, 0.3) is 0 Å². The molecule has 6 atom stereocenters. The zero-order chi connectivity index (χ0) is 25.4. The molecule has 0 amide bonds. The molecule has 12 heteroatoms. The fourth-order valence-electron chi connectivity index (χ4n) is 3.47. The van der Waals surface area contributed by atoms with Crippen LogP contribution in [0, 0.1) is 11.3 Å².